The number of nitrogens with one attached hydrogen (secondary N) is 1. The van der Waals surface area contributed by atoms with Crippen molar-refractivity contribution in [3.05, 3.63) is 0 Å². The molecule has 2 unspecified atom stereocenters. The van der Waals surface area contributed by atoms with Crippen molar-refractivity contribution in [3.63, 3.8) is 0 Å². The van der Waals surface area contributed by atoms with Crippen molar-refractivity contribution in [2.45, 2.75) is 38.8 Å². The molecule has 0 saturated carbocycles. The van der Waals surface area contributed by atoms with Gasteiger partial charge < -0.3 is 15.2 Å². The van der Waals surface area contributed by atoms with E-state index in [0.29, 0.717) is 12.6 Å². The zero-order chi connectivity index (χ0) is 10.3. The van der Waals surface area contributed by atoms with E-state index in [0.717, 1.165) is 12.8 Å². The van der Waals surface area contributed by atoms with Crippen LogP contribution in [0.5, 0.6) is 0 Å². The van der Waals surface area contributed by atoms with Crippen LogP contribution < -0.4 is 5.32 Å². The molecule has 2 atom stereocenters. The van der Waals surface area contributed by atoms with E-state index in [2.05, 4.69) is 12.2 Å². The van der Waals surface area contributed by atoms with Gasteiger partial charge in [-0.15, -0.1) is 0 Å². The zero-order valence-corrected chi connectivity index (χ0v) is 8.54. The molecule has 0 saturated heterocycles. The average Bonchev–Trinajstić information content (AvgIpc) is 2.05. The number of rotatable bonds is 7. The number of carboxylic acid groups (broad SMARTS) is 1. The summed E-state index contributed by atoms with van der Waals surface area (Å²) in [6.45, 7) is 4.51. The molecule has 4 nitrogen and oxygen atoms in total. The summed E-state index contributed by atoms with van der Waals surface area (Å²) in [4.78, 5) is 10.5. The maximum absolute atomic E-state index is 10.5. The second kappa shape index (κ2) is 6.86. The number of hydrogen-bond acceptors (Lipinski definition) is 3. The summed E-state index contributed by atoms with van der Waals surface area (Å²) in [5.41, 5.74) is 0. The van der Waals surface area contributed by atoms with E-state index in [1.54, 1.807) is 0 Å². The molecule has 0 aliphatic rings. The number of hydrogen-bond donors (Lipinski definition) is 2. The van der Waals surface area contributed by atoms with E-state index in [9.17, 15) is 4.79 Å². The number of ether oxygens (including phenoxy) is 1. The lowest BCUT2D eigenvalue weighted by Gasteiger charge is -2.16. The molecule has 0 radical (unpaired) electrons. The van der Waals surface area contributed by atoms with Crippen molar-refractivity contribution >= 4 is 5.97 Å². The molecule has 0 fully saturated rings. The van der Waals surface area contributed by atoms with E-state index in [-0.39, 0.29) is 0 Å². The molecule has 0 aromatic heterocycles. The molecule has 0 spiro atoms. The van der Waals surface area contributed by atoms with Crippen LogP contribution in [0.3, 0.4) is 0 Å². The van der Waals surface area contributed by atoms with Crippen LogP contribution in [0.1, 0.15) is 26.7 Å². The van der Waals surface area contributed by atoms with Crippen molar-refractivity contribution in [2.24, 2.45) is 0 Å². The average molecular weight is 189 g/mol. The normalized spacial score (nSPS) is 15.3. The van der Waals surface area contributed by atoms with Crippen LogP contribution in [0.4, 0.5) is 0 Å². The van der Waals surface area contributed by atoms with Crippen molar-refractivity contribution in [1.29, 1.82) is 0 Å². The Hall–Kier alpha value is -0.610. The van der Waals surface area contributed by atoms with Gasteiger partial charge in [0.2, 0.25) is 0 Å². The topological polar surface area (TPSA) is 58.6 Å². The summed E-state index contributed by atoms with van der Waals surface area (Å²) in [5, 5.41) is 11.8. The summed E-state index contributed by atoms with van der Waals surface area (Å²) >= 11 is 0. The Morgan fingerprint density at radius 3 is 2.62 bits per heavy atom. The lowest BCUT2D eigenvalue weighted by atomic mass is 10.2. The van der Waals surface area contributed by atoms with E-state index in [1.807, 2.05) is 6.92 Å². The third-order valence-corrected chi connectivity index (χ3v) is 1.93. The molecule has 0 heterocycles. The monoisotopic (exact) mass is 189 g/mol. The lowest BCUT2D eigenvalue weighted by Crippen LogP contribution is -2.38. The highest BCUT2D eigenvalue weighted by Gasteiger charge is 2.16. The Bertz CT molecular complexity index is 150. The van der Waals surface area contributed by atoms with Gasteiger partial charge in [0, 0.05) is 19.7 Å². The van der Waals surface area contributed by atoms with Crippen molar-refractivity contribution < 1.29 is 14.6 Å². The number of methoxy groups -OCH3 is 1. The molecule has 0 aliphatic carbocycles. The van der Waals surface area contributed by atoms with Crippen molar-refractivity contribution in [2.75, 3.05) is 13.7 Å². The van der Waals surface area contributed by atoms with Crippen molar-refractivity contribution in [3.8, 4) is 0 Å². The molecule has 0 aliphatic heterocycles. The number of aliphatic carboxylic acids is 1. The van der Waals surface area contributed by atoms with Gasteiger partial charge in [-0.2, -0.15) is 0 Å². The first-order chi connectivity index (χ1) is 6.11. The van der Waals surface area contributed by atoms with Gasteiger partial charge >= 0.3 is 5.97 Å². The van der Waals surface area contributed by atoms with E-state index in [1.165, 1.54) is 7.11 Å². The molecule has 0 rings (SSSR count). The molecule has 2 N–H and O–H groups in total. The molecule has 0 amide bonds. The molecule has 78 valence electrons. The van der Waals surface area contributed by atoms with Gasteiger partial charge in [0.05, 0.1) is 0 Å². The highest BCUT2D eigenvalue weighted by atomic mass is 16.5. The standard InChI is InChI=1S/C9H19NO3/c1-4-5-7(2)10-6-8(13-3)9(11)12/h7-8,10H,4-6H2,1-3H3,(H,11,12). The van der Waals surface area contributed by atoms with E-state index < -0.39 is 12.1 Å². The van der Waals surface area contributed by atoms with Gasteiger partial charge in [0.25, 0.3) is 0 Å². The lowest BCUT2D eigenvalue weighted by molar-refractivity contribution is -0.148. The summed E-state index contributed by atoms with van der Waals surface area (Å²) in [6.07, 6.45) is 1.41. The Balaban J connectivity index is 3.65. The van der Waals surface area contributed by atoms with Gasteiger partial charge in [0.1, 0.15) is 0 Å². The zero-order valence-electron chi connectivity index (χ0n) is 8.54. The fourth-order valence-electron chi connectivity index (χ4n) is 1.11. The number of carboxylic acids is 1. The van der Waals surface area contributed by atoms with E-state index in [4.69, 9.17) is 9.84 Å². The summed E-state index contributed by atoms with van der Waals surface area (Å²) in [5.74, 6) is -0.918. The molecule has 0 aromatic carbocycles. The van der Waals surface area contributed by atoms with E-state index >= 15 is 0 Å². The maximum Gasteiger partial charge on any atom is 0.334 e. The Morgan fingerprint density at radius 1 is 1.62 bits per heavy atom. The van der Waals surface area contributed by atoms with Crippen LogP contribution in [0.25, 0.3) is 0 Å². The fraction of sp³-hybridized carbons (Fsp3) is 0.889. The Kier molecular flexibility index (Phi) is 6.54. The van der Waals surface area contributed by atoms with Gasteiger partial charge in [-0.05, 0) is 13.3 Å². The van der Waals surface area contributed by atoms with Crippen LogP contribution in [0, 0.1) is 0 Å². The predicted molar refractivity (Wildman–Crippen MR) is 50.8 cm³/mol. The molecule has 13 heavy (non-hydrogen) atoms. The van der Waals surface area contributed by atoms with Crippen LogP contribution in [0.2, 0.25) is 0 Å². The summed E-state index contributed by atoms with van der Waals surface area (Å²) in [7, 11) is 1.41. The molecule has 0 aromatic rings. The third kappa shape index (κ3) is 5.60. The minimum atomic E-state index is -0.918. The second-order valence-electron chi connectivity index (χ2n) is 3.16. The first-order valence-electron chi connectivity index (χ1n) is 4.60. The Morgan fingerprint density at radius 2 is 2.23 bits per heavy atom. The quantitative estimate of drug-likeness (QED) is 0.623. The minimum absolute atomic E-state index is 0.349. The summed E-state index contributed by atoms with van der Waals surface area (Å²) < 4.78 is 4.78. The maximum atomic E-state index is 10.5. The molecule has 0 bridgehead atoms. The molecular formula is C9H19NO3. The number of carbonyl (C=O) groups is 1. The van der Waals surface area contributed by atoms with Crippen LogP contribution in [0.15, 0.2) is 0 Å². The molecular weight excluding hydrogens is 170 g/mol. The summed E-state index contributed by atoms with van der Waals surface area (Å²) in [6, 6.07) is 0.349. The van der Waals surface area contributed by atoms with Crippen LogP contribution in [-0.2, 0) is 9.53 Å². The largest absolute Gasteiger partial charge is 0.479 e. The first-order valence-corrected chi connectivity index (χ1v) is 4.60. The third-order valence-electron chi connectivity index (χ3n) is 1.93. The molecule has 4 heteroatoms. The van der Waals surface area contributed by atoms with Gasteiger partial charge in [-0.25, -0.2) is 4.79 Å². The van der Waals surface area contributed by atoms with Gasteiger partial charge in [-0.3, -0.25) is 0 Å². The smallest absolute Gasteiger partial charge is 0.334 e. The minimum Gasteiger partial charge on any atom is -0.479 e. The van der Waals surface area contributed by atoms with Crippen molar-refractivity contribution in [1.82, 2.24) is 5.32 Å². The first kappa shape index (κ1) is 12.4. The SMILES string of the molecule is CCCC(C)NCC(OC)C(=O)O. The fourth-order valence-corrected chi connectivity index (χ4v) is 1.11. The van der Waals surface area contributed by atoms with Crippen LogP contribution >= 0.6 is 0 Å². The predicted octanol–water partition coefficient (Wildman–Crippen LogP) is 0.864. The Labute approximate surface area is 79.3 Å². The highest BCUT2D eigenvalue weighted by Crippen LogP contribution is 1.96. The van der Waals surface area contributed by atoms with Gasteiger partial charge in [-0.1, -0.05) is 13.3 Å². The van der Waals surface area contributed by atoms with Crippen LogP contribution in [-0.4, -0.2) is 36.9 Å². The second-order valence-corrected chi connectivity index (χ2v) is 3.16. The van der Waals surface area contributed by atoms with Gasteiger partial charge in [0.15, 0.2) is 6.10 Å². The highest BCUT2D eigenvalue weighted by molar-refractivity contribution is 5.72.